The molecule has 0 radical (unpaired) electrons. The summed E-state index contributed by atoms with van der Waals surface area (Å²) in [4.78, 5) is 21.3. The minimum absolute atomic E-state index is 0.282. The minimum atomic E-state index is -1.07. The molecule has 0 aliphatic heterocycles. The van der Waals surface area contributed by atoms with Crippen molar-refractivity contribution in [3.05, 3.63) is 29.8 Å². The first-order valence-electron chi connectivity index (χ1n) is 4.30. The smallest absolute Gasteiger partial charge is 0.344 e. The van der Waals surface area contributed by atoms with Crippen LogP contribution in [0.5, 0.6) is 5.75 Å². The molecule has 1 amide bonds. The van der Waals surface area contributed by atoms with E-state index < -0.39 is 18.0 Å². The lowest BCUT2D eigenvalue weighted by atomic mass is 10.2. The molecule has 0 fully saturated rings. The van der Waals surface area contributed by atoms with Crippen LogP contribution < -0.4 is 10.5 Å². The van der Waals surface area contributed by atoms with Gasteiger partial charge in [0.25, 0.3) is 0 Å². The van der Waals surface area contributed by atoms with Crippen molar-refractivity contribution < 1.29 is 19.4 Å². The lowest BCUT2D eigenvalue weighted by molar-refractivity contribution is -0.144. The van der Waals surface area contributed by atoms with E-state index in [4.69, 9.17) is 15.6 Å². The highest BCUT2D eigenvalue weighted by atomic mass is 16.5. The number of primary amides is 1. The van der Waals surface area contributed by atoms with Crippen molar-refractivity contribution >= 4 is 11.9 Å². The average molecular weight is 209 g/mol. The second-order valence-corrected chi connectivity index (χ2v) is 2.99. The summed E-state index contributed by atoms with van der Waals surface area (Å²) >= 11 is 0. The van der Waals surface area contributed by atoms with Crippen LogP contribution in [0.3, 0.4) is 0 Å². The number of carbonyl (C=O) groups excluding carboxylic acids is 1. The molecule has 1 rings (SSSR count). The number of amides is 1. The zero-order chi connectivity index (χ0) is 11.4. The zero-order valence-electron chi connectivity index (χ0n) is 8.14. The third-order valence-corrected chi connectivity index (χ3v) is 1.78. The normalized spacial score (nSPS) is 11.8. The molecule has 5 heteroatoms. The molecule has 5 nitrogen and oxygen atoms in total. The standard InChI is InChI=1S/C10H11NO4/c1-6(10(13)14)15-8-4-2-3-7(5-8)9(11)12/h2-6H,1H3,(H2,11,12)(H,13,14)/t6-/m1/s1. The Labute approximate surface area is 86.5 Å². The molecule has 0 unspecified atom stereocenters. The molecular formula is C10H11NO4. The van der Waals surface area contributed by atoms with E-state index in [1.807, 2.05) is 0 Å². The molecule has 0 heterocycles. The maximum absolute atomic E-state index is 10.8. The van der Waals surface area contributed by atoms with Gasteiger partial charge in [-0.05, 0) is 25.1 Å². The number of hydrogen-bond donors (Lipinski definition) is 2. The van der Waals surface area contributed by atoms with E-state index in [1.165, 1.54) is 19.1 Å². The third-order valence-electron chi connectivity index (χ3n) is 1.78. The Morgan fingerprint density at radius 1 is 1.47 bits per heavy atom. The minimum Gasteiger partial charge on any atom is -0.479 e. The van der Waals surface area contributed by atoms with E-state index >= 15 is 0 Å². The van der Waals surface area contributed by atoms with Crippen LogP contribution in [0.1, 0.15) is 17.3 Å². The zero-order valence-corrected chi connectivity index (χ0v) is 8.14. The van der Waals surface area contributed by atoms with E-state index in [0.717, 1.165) is 0 Å². The Morgan fingerprint density at radius 3 is 2.67 bits per heavy atom. The van der Waals surface area contributed by atoms with Gasteiger partial charge >= 0.3 is 5.97 Å². The summed E-state index contributed by atoms with van der Waals surface area (Å²) in [5.41, 5.74) is 5.34. The second-order valence-electron chi connectivity index (χ2n) is 2.99. The Balaban J connectivity index is 2.82. The highest BCUT2D eigenvalue weighted by Gasteiger charge is 2.12. The fourth-order valence-corrected chi connectivity index (χ4v) is 0.977. The van der Waals surface area contributed by atoms with Crippen molar-refractivity contribution in [2.24, 2.45) is 5.73 Å². The Hall–Kier alpha value is -2.04. The molecule has 0 saturated heterocycles. The van der Waals surface area contributed by atoms with E-state index in [2.05, 4.69) is 0 Å². The van der Waals surface area contributed by atoms with Crippen LogP contribution in [-0.4, -0.2) is 23.1 Å². The number of carboxylic acid groups (broad SMARTS) is 1. The van der Waals surface area contributed by atoms with E-state index in [1.54, 1.807) is 12.1 Å². The van der Waals surface area contributed by atoms with Gasteiger partial charge in [0, 0.05) is 5.56 Å². The van der Waals surface area contributed by atoms with Gasteiger partial charge in [-0.15, -0.1) is 0 Å². The van der Waals surface area contributed by atoms with Crippen molar-refractivity contribution in [2.75, 3.05) is 0 Å². The van der Waals surface area contributed by atoms with Gasteiger partial charge in [0.05, 0.1) is 0 Å². The van der Waals surface area contributed by atoms with Gasteiger partial charge in [0.15, 0.2) is 6.10 Å². The van der Waals surface area contributed by atoms with Gasteiger partial charge in [0.1, 0.15) is 5.75 Å². The third kappa shape index (κ3) is 2.98. The first-order chi connectivity index (χ1) is 7.00. The topological polar surface area (TPSA) is 89.6 Å². The highest BCUT2D eigenvalue weighted by molar-refractivity contribution is 5.93. The number of benzene rings is 1. The molecule has 1 aromatic rings. The Kier molecular flexibility index (Phi) is 3.28. The van der Waals surface area contributed by atoms with Crippen LogP contribution in [0.2, 0.25) is 0 Å². The van der Waals surface area contributed by atoms with Crippen LogP contribution in [0.4, 0.5) is 0 Å². The van der Waals surface area contributed by atoms with Gasteiger partial charge in [-0.1, -0.05) is 6.07 Å². The van der Waals surface area contributed by atoms with Gasteiger partial charge < -0.3 is 15.6 Å². The van der Waals surface area contributed by atoms with Crippen molar-refractivity contribution in [1.82, 2.24) is 0 Å². The first kappa shape index (κ1) is 11.0. The maximum atomic E-state index is 10.8. The highest BCUT2D eigenvalue weighted by Crippen LogP contribution is 2.14. The molecule has 0 aliphatic rings. The van der Waals surface area contributed by atoms with Gasteiger partial charge in [-0.2, -0.15) is 0 Å². The predicted octanol–water partition coefficient (Wildman–Crippen LogP) is 0.637. The van der Waals surface area contributed by atoms with E-state index in [-0.39, 0.29) is 5.56 Å². The van der Waals surface area contributed by atoms with E-state index in [0.29, 0.717) is 5.75 Å². The quantitative estimate of drug-likeness (QED) is 0.761. The molecule has 0 aromatic heterocycles. The molecule has 0 saturated carbocycles. The number of carbonyl (C=O) groups is 2. The van der Waals surface area contributed by atoms with E-state index in [9.17, 15) is 9.59 Å². The molecule has 0 aliphatic carbocycles. The first-order valence-corrected chi connectivity index (χ1v) is 4.30. The van der Waals surface area contributed by atoms with Crippen LogP contribution in [0, 0.1) is 0 Å². The van der Waals surface area contributed by atoms with Gasteiger partial charge in [-0.3, -0.25) is 4.79 Å². The van der Waals surface area contributed by atoms with Gasteiger partial charge in [-0.25, -0.2) is 4.79 Å². The lowest BCUT2D eigenvalue weighted by Crippen LogP contribution is -2.23. The largest absolute Gasteiger partial charge is 0.479 e. The SMILES string of the molecule is C[C@@H](Oc1cccc(C(N)=O)c1)C(=O)O. The summed E-state index contributed by atoms with van der Waals surface area (Å²) in [6.07, 6.45) is -0.965. The Morgan fingerprint density at radius 2 is 2.13 bits per heavy atom. The summed E-state index contributed by atoms with van der Waals surface area (Å²) in [5, 5.41) is 8.61. The van der Waals surface area contributed by atoms with Crippen molar-refractivity contribution in [3.63, 3.8) is 0 Å². The average Bonchev–Trinajstić information content (AvgIpc) is 2.18. The molecule has 3 N–H and O–H groups in total. The molecule has 15 heavy (non-hydrogen) atoms. The molecule has 80 valence electrons. The molecule has 1 atom stereocenters. The maximum Gasteiger partial charge on any atom is 0.344 e. The molecule has 0 bridgehead atoms. The summed E-state index contributed by atoms with van der Waals surface area (Å²) in [5.74, 6) is -1.34. The second kappa shape index (κ2) is 4.45. The summed E-state index contributed by atoms with van der Waals surface area (Å²) in [6, 6.07) is 6.07. The number of aliphatic carboxylic acids is 1. The number of carboxylic acids is 1. The Bertz CT molecular complexity index is 389. The molecular weight excluding hydrogens is 198 g/mol. The molecule has 0 spiro atoms. The van der Waals surface area contributed by atoms with Crippen LogP contribution in [0.25, 0.3) is 0 Å². The predicted molar refractivity (Wildman–Crippen MR) is 52.7 cm³/mol. The van der Waals surface area contributed by atoms with Gasteiger partial charge in [0.2, 0.25) is 5.91 Å². The summed E-state index contributed by atoms with van der Waals surface area (Å²) in [7, 11) is 0. The number of hydrogen-bond acceptors (Lipinski definition) is 3. The van der Waals surface area contributed by atoms with Crippen LogP contribution in [-0.2, 0) is 4.79 Å². The van der Waals surface area contributed by atoms with Crippen molar-refractivity contribution in [1.29, 1.82) is 0 Å². The van der Waals surface area contributed by atoms with Crippen LogP contribution >= 0.6 is 0 Å². The van der Waals surface area contributed by atoms with Crippen molar-refractivity contribution in [3.8, 4) is 5.75 Å². The fourth-order valence-electron chi connectivity index (χ4n) is 0.977. The monoisotopic (exact) mass is 209 g/mol. The number of nitrogens with two attached hydrogens (primary N) is 1. The fraction of sp³-hybridized carbons (Fsp3) is 0.200. The lowest BCUT2D eigenvalue weighted by Gasteiger charge is -2.10. The summed E-state index contributed by atoms with van der Waals surface area (Å²) in [6.45, 7) is 1.40. The summed E-state index contributed by atoms with van der Waals surface area (Å²) < 4.78 is 5.06. The molecule has 1 aromatic carbocycles. The van der Waals surface area contributed by atoms with Crippen molar-refractivity contribution in [2.45, 2.75) is 13.0 Å². The number of ether oxygens (including phenoxy) is 1. The number of rotatable bonds is 4. The van der Waals surface area contributed by atoms with Crippen LogP contribution in [0.15, 0.2) is 24.3 Å².